The Balaban J connectivity index is 1.46. The molecule has 2 N–H and O–H groups in total. The van der Waals surface area contributed by atoms with Crippen LogP contribution in [0.4, 0.5) is 5.69 Å². The minimum atomic E-state index is -3.73. The van der Waals surface area contributed by atoms with Gasteiger partial charge in [-0.25, -0.2) is 18.1 Å². The van der Waals surface area contributed by atoms with Crippen molar-refractivity contribution in [1.29, 1.82) is 0 Å². The van der Waals surface area contributed by atoms with Gasteiger partial charge in [-0.05, 0) is 48.5 Å². The normalized spacial score (nSPS) is 11.4. The zero-order valence-electron chi connectivity index (χ0n) is 15.9. The lowest BCUT2D eigenvalue weighted by atomic mass is 10.1. The van der Waals surface area contributed by atoms with E-state index in [1.807, 2.05) is 0 Å². The van der Waals surface area contributed by atoms with Crippen LogP contribution in [-0.2, 0) is 16.6 Å². The number of anilines is 1. The third-order valence-corrected chi connectivity index (χ3v) is 5.96. The SMILES string of the molecule is O=C(Nc1ccc(S(=O)(=O)NCc2ccco2)cc1)c1ncoc1-c1cccc(Cl)c1. The van der Waals surface area contributed by atoms with Crippen LogP contribution in [0.15, 0.2) is 87.1 Å². The molecule has 0 saturated heterocycles. The molecule has 0 unspecified atom stereocenters. The van der Waals surface area contributed by atoms with Crippen molar-refractivity contribution < 1.29 is 22.0 Å². The van der Waals surface area contributed by atoms with E-state index in [0.29, 0.717) is 22.0 Å². The molecule has 0 saturated carbocycles. The number of halogens is 1. The molecule has 31 heavy (non-hydrogen) atoms. The Kier molecular flexibility index (Phi) is 5.90. The molecular formula is C21H16ClN3O5S. The third-order valence-electron chi connectivity index (χ3n) is 4.31. The Labute approximate surface area is 182 Å². The summed E-state index contributed by atoms with van der Waals surface area (Å²) in [6.45, 7) is 0.0340. The van der Waals surface area contributed by atoms with E-state index in [-0.39, 0.29) is 22.9 Å². The maximum atomic E-state index is 12.7. The highest BCUT2D eigenvalue weighted by molar-refractivity contribution is 7.89. The monoisotopic (exact) mass is 457 g/mol. The summed E-state index contributed by atoms with van der Waals surface area (Å²) in [6.07, 6.45) is 2.64. The van der Waals surface area contributed by atoms with Crippen LogP contribution in [0.1, 0.15) is 16.2 Å². The van der Waals surface area contributed by atoms with Crippen LogP contribution in [0.3, 0.4) is 0 Å². The first-order valence-electron chi connectivity index (χ1n) is 9.05. The Morgan fingerprint density at radius 3 is 2.55 bits per heavy atom. The highest BCUT2D eigenvalue weighted by Crippen LogP contribution is 2.26. The predicted octanol–water partition coefficient (Wildman–Crippen LogP) is 4.32. The summed E-state index contributed by atoms with van der Waals surface area (Å²) in [5, 5.41) is 3.18. The van der Waals surface area contributed by atoms with Gasteiger partial charge in [-0.1, -0.05) is 23.7 Å². The molecule has 0 atom stereocenters. The minimum absolute atomic E-state index is 0.0340. The Morgan fingerprint density at radius 2 is 1.84 bits per heavy atom. The summed E-state index contributed by atoms with van der Waals surface area (Å²) in [4.78, 5) is 16.7. The van der Waals surface area contributed by atoms with Crippen LogP contribution in [0.2, 0.25) is 5.02 Å². The van der Waals surface area contributed by atoms with Crippen LogP contribution in [0.25, 0.3) is 11.3 Å². The third kappa shape index (κ3) is 4.85. The van der Waals surface area contributed by atoms with Crippen molar-refractivity contribution in [2.75, 3.05) is 5.32 Å². The summed E-state index contributed by atoms with van der Waals surface area (Å²) in [7, 11) is -3.73. The van der Waals surface area contributed by atoms with E-state index < -0.39 is 15.9 Å². The van der Waals surface area contributed by atoms with Crippen molar-refractivity contribution >= 4 is 33.2 Å². The van der Waals surface area contributed by atoms with Gasteiger partial charge in [0.05, 0.1) is 17.7 Å². The van der Waals surface area contributed by atoms with Gasteiger partial charge in [0.25, 0.3) is 5.91 Å². The van der Waals surface area contributed by atoms with Gasteiger partial charge in [0, 0.05) is 16.3 Å². The van der Waals surface area contributed by atoms with E-state index in [0.717, 1.165) is 0 Å². The lowest BCUT2D eigenvalue weighted by Crippen LogP contribution is -2.23. The highest BCUT2D eigenvalue weighted by Gasteiger charge is 2.19. The van der Waals surface area contributed by atoms with Crippen molar-refractivity contribution in [3.63, 3.8) is 0 Å². The fraction of sp³-hybridized carbons (Fsp3) is 0.0476. The molecule has 10 heteroatoms. The van der Waals surface area contributed by atoms with Gasteiger partial charge in [-0.3, -0.25) is 4.79 Å². The average molecular weight is 458 g/mol. The largest absolute Gasteiger partial charge is 0.468 e. The van der Waals surface area contributed by atoms with Crippen LogP contribution in [-0.4, -0.2) is 19.3 Å². The molecule has 158 valence electrons. The first-order chi connectivity index (χ1) is 14.9. The molecule has 0 aliphatic rings. The maximum absolute atomic E-state index is 12.7. The first-order valence-corrected chi connectivity index (χ1v) is 10.9. The molecule has 2 aromatic heterocycles. The number of oxazole rings is 1. The molecule has 0 fully saturated rings. The van der Waals surface area contributed by atoms with Crippen LogP contribution >= 0.6 is 11.6 Å². The van der Waals surface area contributed by atoms with Crippen molar-refractivity contribution in [2.24, 2.45) is 0 Å². The number of carbonyl (C=O) groups is 1. The zero-order valence-corrected chi connectivity index (χ0v) is 17.5. The number of sulfonamides is 1. The summed E-state index contributed by atoms with van der Waals surface area (Å²) in [6, 6.07) is 15.9. The second-order valence-corrected chi connectivity index (χ2v) is 8.63. The smallest absolute Gasteiger partial charge is 0.278 e. The number of aromatic nitrogens is 1. The predicted molar refractivity (Wildman–Crippen MR) is 114 cm³/mol. The van der Waals surface area contributed by atoms with Crippen molar-refractivity contribution in [3.05, 3.63) is 89.8 Å². The number of rotatable bonds is 7. The molecule has 0 aliphatic heterocycles. The highest BCUT2D eigenvalue weighted by atomic mass is 35.5. The topological polar surface area (TPSA) is 114 Å². The second-order valence-electron chi connectivity index (χ2n) is 6.42. The molecule has 0 aliphatic carbocycles. The number of nitrogens with one attached hydrogen (secondary N) is 2. The van der Waals surface area contributed by atoms with Gasteiger partial charge in [0.1, 0.15) is 5.76 Å². The van der Waals surface area contributed by atoms with Crippen LogP contribution < -0.4 is 10.0 Å². The molecule has 2 heterocycles. The fourth-order valence-electron chi connectivity index (χ4n) is 2.81. The van der Waals surface area contributed by atoms with E-state index in [9.17, 15) is 13.2 Å². The molecule has 8 nitrogen and oxygen atoms in total. The molecule has 0 bridgehead atoms. The van der Waals surface area contributed by atoms with Crippen LogP contribution in [0, 0.1) is 0 Å². The van der Waals surface area contributed by atoms with Gasteiger partial charge in [0.15, 0.2) is 17.8 Å². The number of amides is 1. The van der Waals surface area contributed by atoms with Gasteiger partial charge in [0.2, 0.25) is 10.0 Å². The van der Waals surface area contributed by atoms with E-state index in [1.54, 1.807) is 36.4 Å². The van der Waals surface area contributed by atoms with Crippen molar-refractivity contribution in [2.45, 2.75) is 11.4 Å². The summed E-state index contributed by atoms with van der Waals surface area (Å²) >= 11 is 6.00. The molecule has 0 spiro atoms. The fourth-order valence-corrected chi connectivity index (χ4v) is 4.00. The molecule has 4 rings (SSSR count). The lowest BCUT2D eigenvalue weighted by molar-refractivity contribution is 0.102. The Bertz CT molecular complexity index is 1300. The van der Waals surface area contributed by atoms with Crippen molar-refractivity contribution in [1.82, 2.24) is 9.71 Å². The van der Waals surface area contributed by atoms with Gasteiger partial charge in [-0.15, -0.1) is 0 Å². The van der Waals surface area contributed by atoms with Crippen LogP contribution in [0.5, 0.6) is 0 Å². The van der Waals surface area contributed by atoms with Gasteiger partial charge in [-0.2, -0.15) is 0 Å². The maximum Gasteiger partial charge on any atom is 0.278 e. The average Bonchev–Trinajstić information content (AvgIpc) is 3.45. The molecule has 4 aromatic rings. The standard InChI is InChI=1S/C21H16ClN3O5S/c22-15-4-1-3-14(11-15)20-19(23-13-30-20)21(26)25-16-6-8-18(9-7-16)31(27,28)24-12-17-5-2-10-29-17/h1-11,13,24H,12H2,(H,25,26). The minimum Gasteiger partial charge on any atom is -0.468 e. The summed E-state index contributed by atoms with van der Waals surface area (Å²) in [5.41, 5.74) is 1.09. The number of nitrogens with zero attached hydrogens (tertiary/aromatic N) is 1. The number of hydrogen-bond donors (Lipinski definition) is 2. The molecule has 1 amide bonds. The van der Waals surface area contributed by atoms with E-state index in [4.69, 9.17) is 20.4 Å². The second kappa shape index (κ2) is 8.76. The number of furan rings is 1. The Morgan fingerprint density at radius 1 is 1.03 bits per heavy atom. The number of carbonyl (C=O) groups excluding carboxylic acids is 1. The molecular weight excluding hydrogens is 442 g/mol. The summed E-state index contributed by atoms with van der Waals surface area (Å²) in [5.74, 6) is 0.271. The van der Waals surface area contributed by atoms with Gasteiger partial charge < -0.3 is 14.2 Å². The quantitative estimate of drug-likeness (QED) is 0.427. The van der Waals surface area contributed by atoms with E-state index in [2.05, 4.69) is 15.0 Å². The van der Waals surface area contributed by atoms with Gasteiger partial charge >= 0.3 is 0 Å². The number of hydrogen-bond acceptors (Lipinski definition) is 6. The van der Waals surface area contributed by atoms with E-state index >= 15 is 0 Å². The molecule has 0 radical (unpaired) electrons. The van der Waals surface area contributed by atoms with E-state index in [1.165, 1.54) is 36.9 Å². The van der Waals surface area contributed by atoms with Crippen molar-refractivity contribution in [3.8, 4) is 11.3 Å². The number of benzene rings is 2. The lowest BCUT2D eigenvalue weighted by Gasteiger charge is -2.08. The summed E-state index contributed by atoms with van der Waals surface area (Å²) < 4.78 is 37.7. The molecule has 2 aromatic carbocycles. The Hall–Kier alpha value is -3.40. The zero-order chi connectivity index (χ0) is 21.8. The first kappa shape index (κ1) is 20.9.